The molecule has 0 saturated carbocycles. The topological polar surface area (TPSA) is 65.2 Å². The van der Waals surface area contributed by atoms with Gasteiger partial charge in [0, 0.05) is 24.0 Å². The highest BCUT2D eigenvalue weighted by Crippen LogP contribution is 2.18. The lowest BCUT2D eigenvalue weighted by Gasteiger charge is -2.12. The molecule has 0 bridgehead atoms. The van der Waals surface area contributed by atoms with Gasteiger partial charge in [-0.2, -0.15) is 0 Å². The maximum Gasteiger partial charge on any atom is 0.305 e. The van der Waals surface area contributed by atoms with Crippen molar-refractivity contribution >= 4 is 16.9 Å². The van der Waals surface area contributed by atoms with E-state index in [2.05, 4.69) is 4.98 Å². The molecule has 20 heavy (non-hydrogen) atoms. The van der Waals surface area contributed by atoms with Crippen molar-refractivity contribution in [1.29, 1.82) is 0 Å². The van der Waals surface area contributed by atoms with Gasteiger partial charge in [-0.1, -0.05) is 24.3 Å². The van der Waals surface area contributed by atoms with Crippen molar-refractivity contribution < 1.29 is 9.53 Å². The Morgan fingerprint density at radius 2 is 2.15 bits per heavy atom. The van der Waals surface area contributed by atoms with Crippen LogP contribution < -0.4 is 5.73 Å². The Kier molecular flexibility index (Phi) is 5.07. The summed E-state index contributed by atoms with van der Waals surface area (Å²) in [5.41, 5.74) is 8.22. The van der Waals surface area contributed by atoms with E-state index in [-0.39, 0.29) is 12.0 Å². The Labute approximate surface area is 119 Å². The molecule has 4 nitrogen and oxygen atoms in total. The first-order chi connectivity index (χ1) is 9.70. The van der Waals surface area contributed by atoms with E-state index in [0.29, 0.717) is 25.9 Å². The van der Waals surface area contributed by atoms with Gasteiger partial charge in [-0.15, -0.1) is 0 Å². The summed E-state index contributed by atoms with van der Waals surface area (Å²) in [6.07, 6.45) is 3.50. The quantitative estimate of drug-likeness (QED) is 0.820. The van der Waals surface area contributed by atoms with E-state index < -0.39 is 0 Å². The largest absolute Gasteiger partial charge is 0.466 e. The molecule has 0 fully saturated rings. The summed E-state index contributed by atoms with van der Waals surface area (Å²) in [6.45, 7) is 2.22. The molecule has 2 N–H and O–H groups in total. The van der Waals surface area contributed by atoms with Crippen LogP contribution in [0.15, 0.2) is 36.5 Å². The van der Waals surface area contributed by atoms with Gasteiger partial charge in [0.2, 0.25) is 0 Å². The number of rotatable bonds is 6. The van der Waals surface area contributed by atoms with Crippen molar-refractivity contribution in [3.8, 4) is 0 Å². The molecule has 0 amide bonds. The number of hydrogen-bond donors (Lipinski definition) is 1. The summed E-state index contributed by atoms with van der Waals surface area (Å²) in [5.74, 6) is -0.181. The van der Waals surface area contributed by atoms with Gasteiger partial charge in [-0.3, -0.25) is 9.78 Å². The van der Waals surface area contributed by atoms with Crippen LogP contribution in [0.4, 0.5) is 0 Å². The number of ether oxygens (including phenoxy) is 1. The number of pyridine rings is 1. The predicted molar refractivity (Wildman–Crippen MR) is 79.3 cm³/mol. The molecule has 1 aromatic carbocycles. The van der Waals surface area contributed by atoms with Crippen molar-refractivity contribution in [2.75, 3.05) is 6.61 Å². The standard InChI is InChI=1S/C16H20N2O2/c1-2-20-15(19)9-8-14(17)11-13-6-3-5-12-7-4-10-18-16(12)13/h3-7,10,14H,2,8-9,11,17H2,1H3. The Morgan fingerprint density at radius 3 is 2.95 bits per heavy atom. The predicted octanol–water partition coefficient (Wildman–Crippen LogP) is 2.45. The van der Waals surface area contributed by atoms with Crippen LogP contribution in [0.1, 0.15) is 25.3 Å². The number of esters is 1. The third-order valence-electron chi connectivity index (χ3n) is 3.22. The van der Waals surface area contributed by atoms with Gasteiger partial charge in [0.15, 0.2) is 0 Å². The second-order valence-electron chi connectivity index (χ2n) is 4.80. The zero-order valence-electron chi connectivity index (χ0n) is 11.7. The van der Waals surface area contributed by atoms with E-state index in [0.717, 1.165) is 16.5 Å². The highest BCUT2D eigenvalue weighted by atomic mass is 16.5. The lowest BCUT2D eigenvalue weighted by Crippen LogP contribution is -2.24. The molecule has 0 radical (unpaired) electrons. The molecule has 1 heterocycles. The molecular formula is C16H20N2O2. The van der Waals surface area contributed by atoms with Crippen molar-refractivity contribution in [2.24, 2.45) is 5.73 Å². The van der Waals surface area contributed by atoms with Crippen molar-refractivity contribution in [2.45, 2.75) is 32.2 Å². The van der Waals surface area contributed by atoms with Crippen LogP contribution in [0.5, 0.6) is 0 Å². The van der Waals surface area contributed by atoms with Crippen LogP contribution in [0.2, 0.25) is 0 Å². The number of fused-ring (bicyclic) bond motifs is 1. The first-order valence-electron chi connectivity index (χ1n) is 6.94. The molecule has 1 unspecified atom stereocenters. The normalized spacial score (nSPS) is 12.3. The fourth-order valence-electron chi connectivity index (χ4n) is 2.25. The number of carbonyl (C=O) groups is 1. The number of carbonyl (C=O) groups excluding carboxylic acids is 1. The lowest BCUT2D eigenvalue weighted by atomic mass is 10.00. The Morgan fingerprint density at radius 1 is 1.35 bits per heavy atom. The summed E-state index contributed by atoms with van der Waals surface area (Å²) >= 11 is 0. The third-order valence-corrected chi connectivity index (χ3v) is 3.22. The van der Waals surface area contributed by atoms with E-state index >= 15 is 0 Å². The zero-order valence-corrected chi connectivity index (χ0v) is 11.7. The number of para-hydroxylation sites is 1. The van der Waals surface area contributed by atoms with Crippen LogP contribution in [-0.4, -0.2) is 23.6 Å². The number of benzene rings is 1. The summed E-state index contributed by atoms with van der Waals surface area (Å²) in [6, 6.07) is 9.99. The molecule has 0 saturated heterocycles. The smallest absolute Gasteiger partial charge is 0.305 e. The number of nitrogens with two attached hydrogens (primary N) is 1. The highest BCUT2D eigenvalue weighted by molar-refractivity contribution is 5.81. The maximum atomic E-state index is 11.3. The van der Waals surface area contributed by atoms with Gasteiger partial charge in [-0.25, -0.2) is 0 Å². The third kappa shape index (κ3) is 3.78. The van der Waals surface area contributed by atoms with E-state index in [9.17, 15) is 4.79 Å². The number of aromatic nitrogens is 1. The molecule has 4 heteroatoms. The average molecular weight is 272 g/mol. The van der Waals surface area contributed by atoms with Crippen LogP contribution >= 0.6 is 0 Å². The second-order valence-corrected chi connectivity index (χ2v) is 4.80. The Bertz CT molecular complexity index is 578. The molecular weight excluding hydrogens is 252 g/mol. The Hall–Kier alpha value is -1.94. The van der Waals surface area contributed by atoms with E-state index in [4.69, 9.17) is 10.5 Å². The fourth-order valence-corrected chi connectivity index (χ4v) is 2.25. The van der Waals surface area contributed by atoms with E-state index in [1.54, 1.807) is 13.1 Å². The number of nitrogens with zero attached hydrogens (tertiary/aromatic N) is 1. The molecule has 1 aromatic heterocycles. The SMILES string of the molecule is CCOC(=O)CCC(N)Cc1cccc2cccnc12. The fraction of sp³-hybridized carbons (Fsp3) is 0.375. The first-order valence-corrected chi connectivity index (χ1v) is 6.94. The molecule has 0 spiro atoms. The van der Waals surface area contributed by atoms with E-state index in [1.165, 1.54) is 0 Å². The maximum absolute atomic E-state index is 11.3. The van der Waals surface area contributed by atoms with Crippen molar-refractivity contribution in [3.63, 3.8) is 0 Å². The van der Waals surface area contributed by atoms with Gasteiger partial charge < -0.3 is 10.5 Å². The van der Waals surface area contributed by atoms with Crippen LogP contribution in [0, 0.1) is 0 Å². The van der Waals surface area contributed by atoms with Gasteiger partial charge >= 0.3 is 5.97 Å². The zero-order chi connectivity index (χ0) is 14.4. The summed E-state index contributed by atoms with van der Waals surface area (Å²) in [7, 11) is 0. The summed E-state index contributed by atoms with van der Waals surface area (Å²) in [5, 5.41) is 1.11. The van der Waals surface area contributed by atoms with Gasteiger partial charge in [0.25, 0.3) is 0 Å². The summed E-state index contributed by atoms with van der Waals surface area (Å²) < 4.78 is 4.91. The monoisotopic (exact) mass is 272 g/mol. The van der Waals surface area contributed by atoms with Crippen molar-refractivity contribution in [3.05, 3.63) is 42.1 Å². The van der Waals surface area contributed by atoms with Crippen LogP contribution in [0.3, 0.4) is 0 Å². The van der Waals surface area contributed by atoms with Crippen LogP contribution in [0.25, 0.3) is 10.9 Å². The van der Waals surface area contributed by atoms with Gasteiger partial charge in [0.05, 0.1) is 12.1 Å². The average Bonchev–Trinajstić information content (AvgIpc) is 2.46. The van der Waals surface area contributed by atoms with Gasteiger partial charge in [0.1, 0.15) is 0 Å². The minimum absolute atomic E-state index is 0.0630. The highest BCUT2D eigenvalue weighted by Gasteiger charge is 2.10. The van der Waals surface area contributed by atoms with Gasteiger partial charge in [-0.05, 0) is 31.4 Å². The molecule has 2 aromatic rings. The molecule has 0 aliphatic heterocycles. The van der Waals surface area contributed by atoms with Crippen LogP contribution in [-0.2, 0) is 16.0 Å². The minimum Gasteiger partial charge on any atom is -0.466 e. The molecule has 1 atom stereocenters. The minimum atomic E-state index is -0.181. The molecule has 2 rings (SSSR count). The molecule has 0 aliphatic carbocycles. The molecule has 0 aliphatic rings. The van der Waals surface area contributed by atoms with Crippen molar-refractivity contribution in [1.82, 2.24) is 4.98 Å². The summed E-state index contributed by atoms with van der Waals surface area (Å²) in [4.78, 5) is 15.7. The number of hydrogen-bond acceptors (Lipinski definition) is 4. The Balaban J connectivity index is 1.99. The first kappa shape index (κ1) is 14.5. The second kappa shape index (κ2) is 7.01. The molecule has 106 valence electrons. The van der Waals surface area contributed by atoms with E-state index in [1.807, 2.05) is 30.3 Å². The lowest BCUT2D eigenvalue weighted by molar-refractivity contribution is -0.143.